The third-order valence-electron chi connectivity index (χ3n) is 2.85. The molecule has 0 aliphatic heterocycles. The molecule has 0 saturated heterocycles. The molecule has 0 saturated carbocycles. The van der Waals surface area contributed by atoms with Crippen LogP contribution in [0.2, 0.25) is 0 Å². The van der Waals surface area contributed by atoms with Gasteiger partial charge in [0, 0.05) is 11.8 Å². The molecular weight excluding hydrogens is 303 g/mol. The van der Waals surface area contributed by atoms with Crippen LogP contribution in [-0.2, 0) is 6.18 Å². The number of thiophene rings is 1. The number of nitrogens with one attached hydrogen (secondary N) is 1. The van der Waals surface area contributed by atoms with Crippen LogP contribution in [-0.4, -0.2) is 12.8 Å². The van der Waals surface area contributed by atoms with Crippen LogP contribution in [0.3, 0.4) is 0 Å². The van der Waals surface area contributed by atoms with Crippen LogP contribution in [0.4, 0.5) is 13.2 Å². The van der Waals surface area contributed by atoms with Gasteiger partial charge in [-0.3, -0.25) is 0 Å². The van der Waals surface area contributed by atoms with E-state index in [9.17, 15) is 13.2 Å². The molecular formula is C14H14F3NS2. The summed E-state index contributed by atoms with van der Waals surface area (Å²) in [5.41, 5.74) is 0.0581. The fraction of sp³-hybridized carbons (Fsp3) is 0.286. The van der Waals surface area contributed by atoms with Gasteiger partial charge in [0.05, 0.1) is 9.77 Å². The van der Waals surface area contributed by atoms with E-state index in [-0.39, 0.29) is 6.04 Å². The second-order valence-corrected chi connectivity index (χ2v) is 6.48. The van der Waals surface area contributed by atoms with E-state index in [0.717, 1.165) is 10.3 Å². The number of halogens is 3. The van der Waals surface area contributed by atoms with Crippen molar-refractivity contribution in [3.63, 3.8) is 0 Å². The topological polar surface area (TPSA) is 12.0 Å². The van der Waals surface area contributed by atoms with Gasteiger partial charge < -0.3 is 5.32 Å². The summed E-state index contributed by atoms with van der Waals surface area (Å²) in [5.74, 6) is 0.693. The first-order valence-electron chi connectivity index (χ1n) is 6.01. The number of hydrogen-bond acceptors (Lipinski definition) is 3. The SMILES string of the molecule is CNC(CSc1cccs1)c1cccc(C(F)(F)F)c1. The van der Waals surface area contributed by atoms with Crippen LogP contribution in [0.5, 0.6) is 0 Å². The van der Waals surface area contributed by atoms with Crippen molar-refractivity contribution in [1.29, 1.82) is 0 Å². The van der Waals surface area contributed by atoms with Crippen molar-refractivity contribution in [2.24, 2.45) is 0 Å². The lowest BCUT2D eigenvalue weighted by molar-refractivity contribution is -0.137. The summed E-state index contributed by atoms with van der Waals surface area (Å²) < 4.78 is 39.3. The average molecular weight is 317 g/mol. The van der Waals surface area contributed by atoms with E-state index in [1.807, 2.05) is 17.5 Å². The lowest BCUT2D eigenvalue weighted by Gasteiger charge is -2.17. The zero-order chi connectivity index (χ0) is 14.6. The Morgan fingerprint density at radius 2 is 2.05 bits per heavy atom. The van der Waals surface area contributed by atoms with Crippen molar-refractivity contribution in [3.8, 4) is 0 Å². The summed E-state index contributed by atoms with van der Waals surface area (Å²) >= 11 is 3.28. The molecule has 1 heterocycles. The molecule has 0 fully saturated rings. The van der Waals surface area contributed by atoms with E-state index >= 15 is 0 Å². The highest BCUT2D eigenvalue weighted by atomic mass is 32.2. The molecule has 2 rings (SSSR count). The molecule has 0 spiro atoms. The van der Waals surface area contributed by atoms with E-state index < -0.39 is 11.7 Å². The van der Waals surface area contributed by atoms with Crippen molar-refractivity contribution in [2.45, 2.75) is 16.4 Å². The van der Waals surface area contributed by atoms with Crippen molar-refractivity contribution in [3.05, 3.63) is 52.9 Å². The molecule has 2 aromatic rings. The Morgan fingerprint density at radius 3 is 2.65 bits per heavy atom. The second-order valence-electron chi connectivity index (χ2n) is 4.21. The highest BCUT2D eigenvalue weighted by Gasteiger charge is 2.30. The molecule has 1 atom stereocenters. The number of benzene rings is 1. The molecule has 0 radical (unpaired) electrons. The smallest absolute Gasteiger partial charge is 0.312 e. The summed E-state index contributed by atoms with van der Waals surface area (Å²) in [4.78, 5) is 0. The second kappa shape index (κ2) is 6.65. The molecule has 0 amide bonds. The average Bonchev–Trinajstić information content (AvgIpc) is 2.92. The molecule has 108 valence electrons. The summed E-state index contributed by atoms with van der Waals surface area (Å²) in [6.07, 6.45) is -4.30. The van der Waals surface area contributed by atoms with Gasteiger partial charge in [-0.25, -0.2) is 0 Å². The van der Waals surface area contributed by atoms with E-state index in [4.69, 9.17) is 0 Å². The number of rotatable bonds is 5. The highest BCUT2D eigenvalue weighted by Crippen LogP contribution is 2.32. The Labute approximate surface area is 124 Å². The molecule has 6 heteroatoms. The minimum absolute atomic E-state index is 0.107. The standard InChI is InChI=1S/C14H14F3NS2/c1-18-12(9-20-13-6-3-7-19-13)10-4-2-5-11(8-10)14(15,16)17/h2-8,12,18H,9H2,1H3. The minimum atomic E-state index is -4.30. The number of hydrogen-bond donors (Lipinski definition) is 1. The first kappa shape index (κ1) is 15.4. The lowest BCUT2D eigenvalue weighted by atomic mass is 10.1. The summed E-state index contributed by atoms with van der Waals surface area (Å²) in [6, 6.07) is 9.37. The molecule has 0 bridgehead atoms. The van der Waals surface area contributed by atoms with Crippen molar-refractivity contribution >= 4 is 23.1 Å². The van der Waals surface area contributed by atoms with Crippen molar-refractivity contribution < 1.29 is 13.2 Å². The van der Waals surface area contributed by atoms with E-state index in [1.54, 1.807) is 36.2 Å². The first-order chi connectivity index (χ1) is 9.50. The number of thioether (sulfide) groups is 1. The van der Waals surface area contributed by atoms with Crippen LogP contribution >= 0.6 is 23.1 Å². The zero-order valence-electron chi connectivity index (χ0n) is 10.8. The highest BCUT2D eigenvalue weighted by molar-refractivity contribution is 8.01. The molecule has 1 unspecified atom stereocenters. The minimum Gasteiger partial charge on any atom is -0.312 e. The Balaban J connectivity index is 2.11. The van der Waals surface area contributed by atoms with Gasteiger partial charge in [-0.1, -0.05) is 18.2 Å². The van der Waals surface area contributed by atoms with Gasteiger partial charge in [0.1, 0.15) is 0 Å². The summed E-state index contributed by atoms with van der Waals surface area (Å²) in [5, 5.41) is 5.06. The zero-order valence-corrected chi connectivity index (χ0v) is 12.4. The van der Waals surface area contributed by atoms with Crippen LogP contribution in [0.25, 0.3) is 0 Å². The van der Waals surface area contributed by atoms with Crippen molar-refractivity contribution in [2.75, 3.05) is 12.8 Å². The quantitative estimate of drug-likeness (QED) is 0.794. The Kier molecular flexibility index (Phi) is 5.12. The molecule has 0 aliphatic carbocycles. The molecule has 1 nitrogen and oxygen atoms in total. The maximum atomic E-state index is 12.7. The molecule has 1 aromatic carbocycles. The van der Waals surface area contributed by atoms with Gasteiger partial charge in [0.15, 0.2) is 0 Å². The molecule has 20 heavy (non-hydrogen) atoms. The van der Waals surface area contributed by atoms with Crippen molar-refractivity contribution in [1.82, 2.24) is 5.32 Å². The summed E-state index contributed by atoms with van der Waals surface area (Å²) in [7, 11) is 1.76. The fourth-order valence-electron chi connectivity index (χ4n) is 1.79. The van der Waals surface area contributed by atoms with Crippen LogP contribution in [0.15, 0.2) is 46.0 Å². The Hall–Kier alpha value is -0.980. The van der Waals surface area contributed by atoms with E-state index in [2.05, 4.69) is 5.32 Å². The predicted octanol–water partition coefficient (Wildman–Crippen LogP) is 4.82. The van der Waals surface area contributed by atoms with Gasteiger partial charge >= 0.3 is 6.18 Å². The Morgan fingerprint density at radius 1 is 1.25 bits per heavy atom. The lowest BCUT2D eigenvalue weighted by Crippen LogP contribution is -2.19. The van der Waals surface area contributed by atoms with E-state index in [1.165, 1.54) is 12.1 Å². The maximum Gasteiger partial charge on any atom is 0.416 e. The van der Waals surface area contributed by atoms with Gasteiger partial charge in [-0.05, 0) is 36.2 Å². The fourth-order valence-corrected chi connectivity index (χ4v) is 3.75. The molecule has 0 aliphatic rings. The third kappa shape index (κ3) is 4.01. The normalized spacial score (nSPS) is 13.4. The monoisotopic (exact) mass is 317 g/mol. The molecule has 1 N–H and O–H groups in total. The van der Waals surface area contributed by atoms with Crippen LogP contribution in [0.1, 0.15) is 17.2 Å². The predicted molar refractivity (Wildman–Crippen MR) is 78.3 cm³/mol. The van der Waals surface area contributed by atoms with Gasteiger partial charge in [0.25, 0.3) is 0 Å². The van der Waals surface area contributed by atoms with E-state index in [0.29, 0.717) is 11.3 Å². The maximum absolute atomic E-state index is 12.7. The molecule has 1 aromatic heterocycles. The van der Waals surface area contributed by atoms with Gasteiger partial charge in [-0.2, -0.15) is 13.2 Å². The largest absolute Gasteiger partial charge is 0.416 e. The first-order valence-corrected chi connectivity index (χ1v) is 7.88. The summed E-state index contributed by atoms with van der Waals surface area (Å²) in [6.45, 7) is 0. The van der Waals surface area contributed by atoms with Gasteiger partial charge in [-0.15, -0.1) is 23.1 Å². The van der Waals surface area contributed by atoms with Crippen LogP contribution in [0, 0.1) is 0 Å². The Bertz CT molecular complexity index is 538. The third-order valence-corrected chi connectivity index (χ3v) is 5.08. The van der Waals surface area contributed by atoms with Gasteiger partial charge in [0.2, 0.25) is 0 Å². The number of alkyl halides is 3. The van der Waals surface area contributed by atoms with Crippen LogP contribution < -0.4 is 5.32 Å².